The maximum absolute atomic E-state index is 7.02. The zero-order valence-corrected chi connectivity index (χ0v) is 48.2. The van der Waals surface area contributed by atoms with Crippen molar-refractivity contribution in [3.05, 3.63) is 315 Å². The summed E-state index contributed by atoms with van der Waals surface area (Å²) in [6, 6.07) is 115. The van der Waals surface area contributed by atoms with Gasteiger partial charge in [-0.1, -0.05) is 243 Å². The van der Waals surface area contributed by atoms with E-state index in [9.17, 15) is 0 Å². The van der Waals surface area contributed by atoms with Crippen LogP contribution < -0.4 is 0 Å². The maximum Gasteiger partial charge on any atom is 0.143 e. The van der Waals surface area contributed by atoms with E-state index >= 15 is 0 Å². The van der Waals surface area contributed by atoms with Crippen molar-refractivity contribution >= 4 is 75.3 Å². The topological polar surface area (TPSA) is 28.9 Å². The van der Waals surface area contributed by atoms with Gasteiger partial charge in [-0.15, -0.1) is 11.3 Å². The van der Waals surface area contributed by atoms with Gasteiger partial charge >= 0.3 is 0 Å². The summed E-state index contributed by atoms with van der Waals surface area (Å²) in [6.07, 6.45) is 0. The number of H-pyrrole nitrogens is 1. The molecule has 1 N–H and O–H groups in total. The Hall–Kier alpha value is -11.1. The summed E-state index contributed by atoms with van der Waals surface area (Å²) in [5.41, 5.74) is 27.5. The quantitative estimate of drug-likeness (QED) is 0.145. The minimum absolute atomic E-state index is 0.862. The predicted octanol–water partition coefficient (Wildman–Crippen LogP) is 24.3. The molecule has 3 aromatic heterocycles. The molecule has 0 bridgehead atoms. The number of furan rings is 1. The van der Waals surface area contributed by atoms with Crippen LogP contribution in [0.15, 0.2) is 320 Å². The molecule has 0 amide bonds. The standard InChI is InChI=1S/C84H53NOS/c1-5-13-53(14-6-1)57-21-29-61(30-22-57)65-39-43-81-75(45-65)77-51-69(63-33-25-59(26-34-63)55-17-9-3-10-18-55)49-71(83(77)86-81)67-37-41-79-73(47-67)74-48-68(38-42-80(74)85-79)72-50-70(64-35-27-60(28-36-64)56-19-11-4-12-20-56)52-78-76-46-66(40-44-82(76)87-84(72)78)62-31-23-58(24-32-62)54-15-7-2-8-16-54/h1-52,85H. The second-order valence-corrected chi connectivity index (χ2v) is 23.9. The first-order valence-corrected chi connectivity index (χ1v) is 30.6. The van der Waals surface area contributed by atoms with E-state index in [1.54, 1.807) is 0 Å². The van der Waals surface area contributed by atoms with Gasteiger partial charge in [0.25, 0.3) is 0 Å². The molecular weight excluding hydrogens is 1070 g/mol. The Kier molecular flexibility index (Phi) is 12.1. The minimum Gasteiger partial charge on any atom is -0.455 e. The number of fused-ring (bicyclic) bond motifs is 9. The zero-order valence-electron chi connectivity index (χ0n) is 47.3. The zero-order chi connectivity index (χ0) is 57.4. The molecule has 0 spiro atoms. The van der Waals surface area contributed by atoms with Gasteiger partial charge in [-0.25, -0.2) is 0 Å². The third kappa shape index (κ3) is 9.12. The van der Waals surface area contributed by atoms with E-state index in [0.717, 1.165) is 71.7 Å². The van der Waals surface area contributed by atoms with Crippen LogP contribution in [0.5, 0.6) is 0 Å². The van der Waals surface area contributed by atoms with Crippen molar-refractivity contribution in [1.82, 2.24) is 4.98 Å². The highest BCUT2D eigenvalue weighted by atomic mass is 32.1. The Balaban J connectivity index is 0.805. The normalized spacial score (nSPS) is 11.7. The van der Waals surface area contributed by atoms with Gasteiger partial charge in [0.2, 0.25) is 0 Å². The van der Waals surface area contributed by atoms with E-state index in [1.807, 2.05) is 11.3 Å². The fourth-order valence-corrected chi connectivity index (χ4v) is 14.3. The maximum atomic E-state index is 7.02. The molecular formula is C84H53NOS. The van der Waals surface area contributed by atoms with Crippen LogP contribution in [0, 0.1) is 0 Å². The third-order valence-corrected chi connectivity index (χ3v) is 18.9. The Labute approximate surface area is 508 Å². The lowest BCUT2D eigenvalue weighted by Crippen LogP contribution is -1.85. The first-order valence-electron chi connectivity index (χ1n) is 29.8. The van der Waals surface area contributed by atoms with Crippen molar-refractivity contribution in [2.75, 3.05) is 0 Å². The number of hydrogen-bond donors (Lipinski definition) is 1. The van der Waals surface area contributed by atoms with Crippen LogP contribution in [0.4, 0.5) is 0 Å². The molecule has 3 heterocycles. The Morgan fingerprint density at radius 3 is 1.00 bits per heavy atom. The van der Waals surface area contributed by atoms with Gasteiger partial charge in [0.05, 0.1) is 0 Å². The monoisotopic (exact) mass is 1120 g/mol. The van der Waals surface area contributed by atoms with Crippen LogP contribution in [0.3, 0.4) is 0 Å². The van der Waals surface area contributed by atoms with Crippen LogP contribution >= 0.6 is 11.3 Å². The van der Waals surface area contributed by atoms with Gasteiger partial charge in [0.1, 0.15) is 11.2 Å². The van der Waals surface area contributed by atoms with Crippen LogP contribution in [-0.2, 0) is 0 Å². The van der Waals surface area contributed by atoms with Crippen molar-refractivity contribution in [3.8, 4) is 111 Å². The van der Waals surface area contributed by atoms with Gasteiger partial charge in [-0.2, -0.15) is 0 Å². The molecule has 0 saturated heterocycles. The summed E-state index contributed by atoms with van der Waals surface area (Å²) in [7, 11) is 0. The van der Waals surface area contributed by atoms with E-state index in [-0.39, 0.29) is 0 Å². The molecule has 0 aliphatic rings. The SMILES string of the molecule is c1ccc(-c2ccc(-c3ccc4oc5c(-c6ccc7[nH]c8ccc(-c9cc(-c%10ccc(-c%11ccccc%11)cc%10)cc%10c9sc9ccc(-c%11ccc(-c%12ccccc%12)cc%11)cc9%10)cc8c7c6)cc(-c6ccc(-c7ccccc7)cc6)cc5c4c3)cc2)cc1. The van der Waals surface area contributed by atoms with Crippen LogP contribution in [0.1, 0.15) is 0 Å². The summed E-state index contributed by atoms with van der Waals surface area (Å²) in [5.74, 6) is 0. The van der Waals surface area contributed by atoms with Crippen molar-refractivity contribution in [2.24, 2.45) is 0 Å². The van der Waals surface area contributed by atoms with E-state index in [2.05, 4.69) is 320 Å². The van der Waals surface area contributed by atoms with E-state index in [4.69, 9.17) is 4.42 Å². The largest absolute Gasteiger partial charge is 0.455 e. The highest BCUT2D eigenvalue weighted by Gasteiger charge is 2.20. The van der Waals surface area contributed by atoms with E-state index < -0.39 is 0 Å². The number of thiophene rings is 1. The van der Waals surface area contributed by atoms with Gasteiger partial charge in [0.15, 0.2) is 0 Å². The smallest absolute Gasteiger partial charge is 0.143 e. The van der Waals surface area contributed by atoms with Crippen molar-refractivity contribution in [2.45, 2.75) is 0 Å². The Bertz CT molecular complexity index is 5090. The lowest BCUT2D eigenvalue weighted by atomic mass is 9.93. The van der Waals surface area contributed by atoms with E-state index in [1.165, 1.54) is 103 Å². The molecule has 406 valence electrons. The number of aromatic nitrogens is 1. The van der Waals surface area contributed by atoms with Crippen molar-refractivity contribution in [3.63, 3.8) is 0 Å². The Morgan fingerprint density at radius 2 is 0.540 bits per heavy atom. The molecule has 0 fully saturated rings. The first-order chi connectivity index (χ1) is 43.0. The molecule has 14 aromatic carbocycles. The van der Waals surface area contributed by atoms with Crippen molar-refractivity contribution in [1.29, 1.82) is 0 Å². The molecule has 2 nitrogen and oxygen atoms in total. The molecule has 0 aliphatic carbocycles. The van der Waals surface area contributed by atoms with E-state index in [0.29, 0.717) is 0 Å². The van der Waals surface area contributed by atoms with Crippen molar-refractivity contribution < 1.29 is 4.42 Å². The predicted molar refractivity (Wildman–Crippen MR) is 370 cm³/mol. The lowest BCUT2D eigenvalue weighted by Gasteiger charge is -2.11. The fraction of sp³-hybridized carbons (Fsp3) is 0. The van der Waals surface area contributed by atoms with Crippen LogP contribution in [0.2, 0.25) is 0 Å². The number of benzene rings is 14. The Morgan fingerprint density at radius 1 is 0.218 bits per heavy atom. The average Bonchev–Trinajstić information content (AvgIpc) is 1.97. The summed E-state index contributed by atoms with van der Waals surface area (Å²) < 4.78 is 9.57. The van der Waals surface area contributed by atoms with Crippen LogP contribution in [-0.4, -0.2) is 4.98 Å². The van der Waals surface area contributed by atoms with Gasteiger partial charge < -0.3 is 9.40 Å². The molecule has 17 aromatic rings. The van der Waals surface area contributed by atoms with Gasteiger partial charge in [-0.05, 0) is 173 Å². The molecule has 0 atom stereocenters. The first kappa shape index (κ1) is 50.4. The average molecular weight is 1120 g/mol. The molecule has 87 heavy (non-hydrogen) atoms. The molecule has 0 unspecified atom stereocenters. The highest BCUT2D eigenvalue weighted by Crippen LogP contribution is 2.47. The lowest BCUT2D eigenvalue weighted by molar-refractivity contribution is 0.670. The third-order valence-electron chi connectivity index (χ3n) is 17.7. The molecule has 0 radical (unpaired) electrons. The minimum atomic E-state index is 0.862. The second kappa shape index (κ2) is 20.9. The summed E-state index contributed by atoms with van der Waals surface area (Å²) in [4.78, 5) is 3.81. The number of hydrogen-bond acceptors (Lipinski definition) is 2. The van der Waals surface area contributed by atoms with Gasteiger partial charge in [-0.3, -0.25) is 0 Å². The molecule has 3 heteroatoms. The number of nitrogens with one attached hydrogen (secondary N) is 1. The fourth-order valence-electron chi connectivity index (χ4n) is 13.1. The molecule has 17 rings (SSSR count). The molecule has 0 saturated carbocycles. The second-order valence-electron chi connectivity index (χ2n) is 22.8. The number of aromatic amines is 1. The molecule has 0 aliphatic heterocycles. The summed E-state index contributed by atoms with van der Waals surface area (Å²) in [5, 5.41) is 7.04. The summed E-state index contributed by atoms with van der Waals surface area (Å²) >= 11 is 1.88. The number of rotatable bonds is 10. The van der Waals surface area contributed by atoms with Gasteiger partial charge in [0, 0.05) is 63.9 Å². The highest BCUT2D eigenvalue weighted by molar-refractivity contribution is 7.26. The summed E-state index contributed by atoms with van der Waals surface area (Å²) in [6.45, 7) is 0. The van der Waals surface area contributed by atoms with Crippen LogP contribution in [0.25, 0.3) is 175 Å².